The SMILES string of the molecule is C=C(C)C(=O)OCCN(C)C.COS(C)(=O)=O. The Balaban J connectivity index is 0. The first-order valence-corrected chi connectivity index (χ1v) is 6.64. The van der Waals surface area contributed by atoms with Crippen LogP contribution in [0.2, 0.25) is 0 Å². The van der Waals surface area contributed by atoms with E-state index >= 15 is 0 Å². The third kappa shape index (κ3) is 17.7. The van der Waals surface area contributed by atoms with Gasteiger partial charge >= 0.3 is 5.97 Å². The molecular formula is C10H21NO5S. The highest BCUT2D eigenvalue weighted by Crippen LogP contribution is 1.91. The van der Waals surface area contributed by atoms with Gasteiger partial charge in [-0.05, 0) is 21.0 Å². The van der Waals surface area contributed by atoms with Gasteiger partial charge in [-0.25, -0.2) is 4.79 Å². The van der Waals surface area contributed by atoms with Crippen LogP contribution >= 0.6 is 0 Å². The van der Waals surface area contributed by atoms with Crippen molar-refractivity contribution >= 4 is 16.1 Å². The van der Waals surface area contributed by atoms with E-state index in [1.807, 2.05) is 19.0 Å². The molecule has 17 heavy (non-hydrogen) atoms. The van der Waals surface area contributed by atoms with Crippen molar-refractivity contribution in [2.75, 3.05) is 40.6 Å². The van der Waals surface area contributed by atoms with Crippen molar-refractivity contribution in [3.05, 3.63) is 12.2 Å². The fourth-order valence-electron chi connectivity index (χ4n) is 0.444. The predicted molar refractivity (Wildman–Crippen MR) is 66.2 cm³/mol. The summed E-state index contributed by atoms with van der Waals surface area (Å²) in [7, 11) is 1.81. The minimum Gasteiger partial charge on any atom is -0.461 e. The van der Waals surface area contributed by atoms with E-state index in [1.54, 1.807) is 6.92 Å². The molecule has 0 N–H and O–H groups in total. The van der Waals surface area contributed by atoms with Crippen LogP contribution in [0.4, 0.5) is 0 Å². The van der Waals surface area contributed by atoms with E-state index in [-0.39, 0.29) is 5.97 Å². The molecule has 0 amide bonds. The molecule has 0 unspecified atom stereocenters. The minimum absolute atomic E-state index is 0.313. The second kappa shape index (κ2) is 9.15. The molecule has 0 radical (unpaired) electrons. The number of esters is 1. The smallest absolute Gasteiger partial charge is 0.333 e. The van der Waals surface area contributed by atoms with Crippen LogP contribution in [0.1, 0.15) is 6.92 Å². The van der Waals surface area contributed by atoms with Gasteiger partial charge in [0.15, 0.2) is 0 Å². The fraction of sp³-hybridized carbons (Fsp3) is 0.700. The van der Waals surface area contributed by atoms with Crippen molar-refractivity contribution in [2.24, 2.45) is 0 Å². The highest BCUT2D eigenvalue weighted by Gasteiger charge is 2.01. The molecular weight excluding hydrogens is 246 g/mol. The van der Waals surface area contributed by atoms with E-state index in [1.165, 1.54) is 0 Å². The van der Waals surface area contributed by atoms with E-state index in [0.29, 0.717) is 12.2 Å². The topological polar surface area (TPSA) is 72.9 Å². The van der Waals surface area contributed by atoms with Crippen LogP contribution in [0, 0.1) is 0 Å². The van der Waals surface area contributed by atoms with Gasteiger partial charge in [-0.15, -0.1) is 0 Å². The van der Waals surface area contributed by atoms with Gasteiger partial charge in [0, 0.05) is 12.1 Å². The number of carbonyl (C=O) groups is 1. The zero-order valence-electron chi connectivity index (χ0n) is 11.0. The average molecular weight is 267 g/mol. The second-order valence-electron chi connectivity index (χ2n) is 3.59. The molecule has 7 heteroatoms. The molecule has 6 nitrogen and oxygen atoms in total. The summed E-state index contributed by atoms with van der Waals surface area (Å²) in [5, 5.41) is 0. The lowest BCUT2D eigenvalue weighted by molar-refractivity contribution is -0.139. The molecule has 0 aromatic carbocycles. The number of ether oxygens (including phenoxy) is 1. The standard InChI is InChI=1S/C8H15NO2.C2H6O3S/c1-7(2)8(10)11-6-5-9(3)4;1-5-6(2,3)4/h1,5-6H2,2-4H3;1-2H3. The number of rotatable bonds is 5. The molecule has 0 saturated carbocycles. The molecule has 0 aliphatic rings. The predicted octanol–water partition coefficient (Wildman–Crippen LogP) is 0.260. The normalized spacial score (nSPS) is 10.5. The number of carbonyl (C=O) groups excluding carboxylic acids is 1. The maximum absolute atomic E-state index is 10.8. The largest absolute Gasteiger partial charge is 0.461 e. The summed E-state index contributed by atoms with van der Waals surface area (Å²) in [5.41, 5.74) is 0.448. The van der Waals surface area contributed by atoms with Crippen LogP contribution in [-0.2, 0) is 23.8 Å². The van der Waals surface area contributed by atoms with Gasteiger partial charge in [-0.1, -0.05) is 6.58 Å². The first-order chi connectivity index (χ1) is 7.60. The number of hydrogen-bond acceptors (Lipinski definition) is 6. The van der Waals surface area contributed by atoms with Crippen LogP contribution in [0.3, 0.4) is 0 Å². The monoisotopic (exact) mass is 267 g/mol. The Kier molecular flexibility index (Phi) is 9.92. The molecule has 0 saturated heterocycles. The molecule has 0 aromatic rings. The summed E-state index contributed by atoms with van der Waals surface area (Å²) >= 11 is 0. The van der Waals surface area contributed by atoms with Gasteiger partial charge in [0.1, 0.15) is 6.61 Å². The van der Waals surface area contributed by atoms with Crippen molar-refractivity contribution in [2.45, 2.75) is 6.92 Å². The molecule has 0 bridgehead atoms. The van der Waals surface area contributed by atoms with Crippen LogP contribution < -0.4 is 0 Å². The van der Waals surface area contributed by atoms with Crippen molar-refractivity contribution in [1.82, 2.24) is 4.90 Å². The Morgan fingerprint density at radius 2 is 1.76 bits per heavy atom. The lowest BCUT2D eigenvalue weighted by atomic mass is 10.4. The summed E-state index contributed by atoms with van der Waals surface area (Å²) in [4.78, 5) is 12.7. The van der Waals surface area contributed by atoms with Crippen molar-refractivity contribution in [3.63, 3.8) is 0 Å². The number of likely N-dealkylation sites (N-methyl/N-ethyl adjacent to an activating group) is 1. The van der Waals surface area contributed by atoms with Gasteiger partial charge in [0.2, 0.25) is 0 Å². The van der Waals surface area contributed by atoms with Gasteiger partial charge in [0.05, 0.1) is 13.4 Å². The zero-order chi connectivity index (χ0) is 14.1. The number of nitrogens with zero attached hydrogens (tertiary/aromatic N) is 1. The summed E-state index contributed by atoms with van der Waals surface area (Å²) in [6.07, 6.45) is 0.993. The van der Waals surface area contributed by atoms with E-state index in [4.69, 9.17) is 4.74 Å². The summed E-state index contributed by atoms with van der Waals surface area (Å²) < 4.78 is 28.3. The second-order valence-corrected chi connectivity index (χ2v) is 5.33. The first kappa shape index (κ1) is 18.4. The molecule has 102 valence electrons. The molecule has 0 fully saturated rings. The van der Waals surface area contributed by atoms with Gasteiger partial charge in [-0.3, -0.25) is 4.18 Å². The molecule has 0 aliphatic heterocycles. The molecule has 0 atom stereocenters. The molecule has 0 rings (SSSR count). The van der Waals surface area contributed by atoms with Crippen molar-refractivity contribution < 1.29 is 22.1 Å². The highest BCUT2D eigenvalue weighted by atomic mass is 32.2. The molecule has 0 spiro atoms. The van der Waals surface area contributed by atoms with E-state index in [0.717, 1.165) is 19.9 Å². The summed E-state index contributed by atoms with van der Waals surface area (Å²) in [6.45, 7) is 6.28. The van der Waals surface area contributed by atoms with Crippen molar-refractivity contribution in [1.29, 1.82) is 0 Å². The molecule has 0 heterocycles. The third-order valence-corrected chi connectivity index (χ3v) is 2.03. The van der Waals surface area contributed by atoms with Gasteiger partial charge in [0.25, 0.3) is 10.1 Å². The Morgan fingerprint density at radius 1 is 1.35 bits per heavy atom. The van der Waals surface area contributed by atoms with E-state index in [9.17, 15) is 13.2 Å². The lowest BCUT2D eigenvalue weighted by Crippen LogP contribution is -2.20. The maximum atomic E-state index is 10.8. The Morgan fingerprint density at radius 3 is 2.00 bits per heavy atom. The highest BCUT2D eigenvalue weighted by molar-refractivity contribution is 7.85. The van der Waals surface area contributed by atoms with Crippen LogP contribution in [-0.4, -0.2) is 59.9 Å². The molecule has 0 aromatic heterocycles. The minimum atomic E-state index is -3.16. The van der Waals surface area contributed by atoms with Crippen LogP contribution in [0.25, 0.3) is 0 Å². The van der Waals surface area contributed by atoms with Crippen LogP contribution in [0.15, 0.2) is 12.2 Å². The van der Waals surface area contributed by atoms with Crippen molar-refractivity contribution in [3.8, 4) is 0 Å². The van der Waals surface area contributed by atoms with E-state index in [2.05, 4.69) is 10.8 Å². The summed E-state index contributed by atoms with van der Waals surface area (Å²) in [6, 6.07) is 0. The Bertz CT molecular complexity index is 335. The van der Waals surface area contributed by atoms with Gasteiger partial charge in [-0.2, -0.15) is 8.42 Å². The summed E-state index contributed by atoms with van der Waals surface area (Å²) in [5.74, 6) is -0.313. The maximum Gasteiger partial charge on any atom is 0.333 e. The average Bonchev–Trinajstić information content (AvgIpc) is 2.16. The zero-order valence-corrected chi connectivity index (χ0v) is 11.8. The van der Waals surface area contributed by atoms with E-state index < -0.39 is 10.1 Å². The lowest BCUT2D eigenvalue weighted by Gasteiger charge is -2.09. The molecule has 0 aliphatic carbocycles. The van der Waals surface area contributed by atoms with Gasteiger partial charge < -0.3 is 9.64 Å². The third-order valence-electron chi connectivity index (χ3n) is 1.42. The Labute approximate surface area is 103 Å². The Hall–Kier alpha value is -0.920. The quantitative estimate of drug-likeness (QED) is 0.404. The van der Waals surface area contributed by atoms with Crippen LogP contribution in [0.5, 0.6) is 0 Å². The number of hydrogen-bond donors (Lipinski definition) is 0. The fourth-order valence-corrected chi connectivity index (χ4v) is 0.444. The first-order valence-electron chi connectivity index (χ1n) is 4.83.